The molecule has 0 spiro atoms. The topological polar surface area (TPSA) is 54.4 Å². The fourth-order valence-electron chi connectivity index (χ4n) is 2.17. The van der Waals surface area contributed by atoms with Crippen molar-refractivity contribution in [1.29, 1.82) is 0 Å². The van der Waals surface area contributed by atoms with Gasteiger partial charge in [0.2, 0.25) is 0 Å². The van der Waals surface area contributed by atoms with Crippen LogP contribution in [0.3, 0.4) is 0 Å². The lowest BCUT2D eigenvalue weighted by Gasteiger charge is -2.12. The second kappa shape index (κ2) is 7.94. The summed E-state index contributed by atoms with van der Waals surface area (Å²) in [5, 5.41) is 14.1. The standard InChI is InChI=1S/C16H22N2O2/c1-2-20-12-15(19)11-17-10-8-14-6-3-5-13-7-4-9-18-16(13)14/h3-7,9,15,17,19H,2,8,10-12H2,1H3. The highest BCUT2D eigenvalue weighted by Gasteiger charge is 2.04. The van der Waals surface area contributed by atoms with Gasteiger partial charge in [-0.2, -0.15) is 0 Å². The number of aliphatic hydroxyl groups is 1. The quantitative estimate of drug-likeness (QED) is 0.720. The molecule has 1 aromatic carbocycles. The minimum atomic E-state index is -0.444. The third-order valence-electron chi connectivity index (χ3n) is 3.18. The molecule has 0 aliphatic carbocycles. The van der Waals surface area contributed by atoms with Crippen molar-refractivity contribution in [3.05, 3.63) is 42.1 Å². The second-order valence-electron chi connectivity index (χ2n) is 4.76. The molecule has 2 rings (SSSR count). The maximum absolute atomic E-state index is 9.65. The number of aromatic nitrogens is 1. The Bertz CT molecular complexity index is 525. The van der Waals surface area contributed by atoms with E-state index in [1.54, 1.807) is 0 Å². The van der Waals surface area contributed by atoms with Gasteiger partial charge >= 0.3 is 0 Å². The highest BCUT2D eigenvalue weighted by Crippen LogP contribution is 2.15. The Hall–Kier alpha value is -1.49. The van der Waals surface area contributed by atoms with Gasteiger partial charge in [-0.05, 0) is 31.5 Å². The van der Waals surface area contributed by atoms with Crippen molar-refractivity contribution in [3.8, 4) is 0 Å². The minimum absolute atomic E-state index is 0.388. The van der Waals surface area contributed by atoms with Gasteiger partial charge in [0.25, 0.3) is 0 Å². The number of nitrogens with zero attached hydrogens (tertiary/aromatic N) is 1. The van der Waals surface area contributed by atoms with Gasteiger partial charge in [-0.1, -0.05) is 24.3 Å². The summed E-state index contributed by atoms with van der Waals surface area (Å²) < 4.78 is 5.17. The predicted molar refractivity (Wildman–Crippen MR) is 80.8 cm³/mol. The van der Waals surface area contributed by atoms with Gasteiger partial charge in [0.1, 0.15) is 0 Å². The molecule has 0 aliphatic heterocycles. The molecule has 4 heteroatoms. The molecule has 0 saturated heterocycles. The maximum atomic E-state index is 9.65. The number of hydrogen-bond acceptors (Lipinski definition) is 4. The lowest BCUT2D eigenvalue weighted by molar-refractivity contribution is 0.0430. The van der Waals surface area contributed by atoms with Crippen LogP contribution in [-0.2, 0) is 11.2 Å². The number of rotatable bonds is 8. The zero-order chi connectivity index (χ0) is 14.2. The van der Waals surface area contributed by atoms with E-state index in [0.29, 0.717) is 19.8 Å². The highest BCUT2D eigenvalue weighted by molar-refractivity contribution is 5.81. The maximum Gasteiger partial charge on any atom is 0.0897 e. The monoisotopic (exact) mass is 274 g/mol. The van der Waals surface area contributed by atoms with Gasteiger partial charge in [-0.25, -0.2) is 0 Å². The third kappa shape index (κ3) is 4.27. The van der Waals surface area contributed by atoms with E-state index in [2.05, 4.69) is 34.6 Å². The van der Waals surface area contributed by atoms with Crippen LogP contribution in [0.4, 0.5) is 0 Å². The van der Waals surface area contributed by atoms with E-state index in [4.69, 9.17) is 4.74 Å². The van der Waals surface area contributed by atoms with Crippen LogP contribution in [0.2, 0.25) is 0 Å². The van der Waals surface area contributed by atoms with Gasteiger partial charge < -0.3 is 15.2 Å². The number of pyridine rings is 1. The van der Waals surface area contributed by atoms with Crippen LogP contribution in [0.25, 0.3) is 10.9 Å². The first kappa shape index (κ1) is 14.9. The molecule has 1 heterocycles. The summed E-state index contributed by atoms with van der Waals surface area (Å²) >= 11 is 0. The molecule has 2 N–H and O–H groups in total. The van der Waals surface area contributed by atoms with E-state index >= 15 is 0 Å². The summed E-state index contributed by atoms with van der Waals surface area (Å²) in [5.74, 6) is 0. The van der Waals surface area contributed by atoms with E-state index in [1.807, 2.05) is 19.2 Å². The molecule has 0 fully saturated rings. The summed E-state index contributed by atoms with van der Waals surface area (Å²) in [6, 6.07) is 10.3. The van der Waals surface area contributed by atoms with Gasteiger partial charge in [0.05, 0.1) is 18.2 Å². The van der Waals surface area contributed by atoms with Crippen molar-refractivity contribution in [2.24, 2.45) is 0 Å². The molecule has 1 unspecified atom stereocenters. The summed E-state index contributed by atoms with van der Waals surface area (Å²) in [4.78, 5) is 4.44. The molecule has 0 amide bonds. The number of aliphatic hydroxyl groups excluding tert-OH is 1. The van der Waals surface area contributed by atoms with Crippen LogP contribution in [0.15, 0.2) is 36.5 Å². The molecule has 4 nitrogen and oxygen atoms in total. The number of benzene rings is 1. The fraction of sp³-hybridized carbons (Fsp3) is 0.438. The van der Waals surface area contributed by atoms with Crippen LogP contribution in [0.1, 0.15) is 12.5 Å². The van der Waals surface area contributed by atoms with Crippen LogP contribution < -0.4 is 5.32 Å². The smallest absolute Gasteiger partial charge is 0.0897 e. The van der Waals surface area contributed by atoms with Crippen LogP contribution in [-0.4, -0.2) is 42.5 Å². The molecule has 0 saturated carbocycles. The Labute approximate surface area is 119 Å². The molecule has 1 aromatic heterocycles. The first-order valence-corrected chi connectivity index (χ1v) is 7.10. The molecule has 20 heavy (non-hydrogen) atoms. The Morgan fingerprint density at radius 2 is 2.15 bits per heavy atom. The van der Waals surface area contributed by atoms with Crippen LogP contribution >= 0.6 is 0 Å². The highest BCUT2D eigenvalue weighted by atomic mass is 16.5. The molecule has 1 atom stereocenters. The van der Waals surface area contributed by atoms with Crippen molar-refractivity contribution in [1.82, 2.24) is 10.3 Å². The number of ether oxygens (including phenoxy) is 1. The van der Waals surface area contributed by atoms with Crippen LogP contribution in [0.5, 0.6) is 0 Å². The van der Waals surface area contributed by atoms with E-state index in [0.717, 1.165) is 18.5 Å². The molecular formula is C16H22N2O2. The fourth-order valence-corrected chi connectivity index (χ4v) is 2.17. The summed E-state index contributed by atoms with van der Waals surface area (Å²) in [6.45, 7) is 4.32. The molecule has 2 aromatic rings. The van der Waals surface area contributed by atoms with E-state index in [-0.39, 0.29) is 0 Å². The molecule has 0 aliphatic rings. The minimum Gasteiger partial charge on any atom is -0.389 e. The van der Waals surface area contributed by atoms with Crippen molar-refractivity contribution in [2.75, 3.05) is 26.3 Å². The number of para-hydroxylation sites is 1. The Morgan fingerprint density at radius 3 is 3.00 bits per heavy atom. The van der Waals surface area contributed by atoms with Gasteiger partial charge in [-0.3, -0.25) is 4.98 Å². The van der Waals surface area contributed by atoms with E-state index < -0.39 is 6.10 Å². The summed E-state index contributed by atoms with van der Waals surface area (Å²) in [6.07, 6.45) is 2.28. The lowest BCUT2D eigenvalue weighted by Crippen LogP contribution is -2.31. The van der Waals surface area contributed by atoms with Gasteiger partial charge in [-0.15, -0.1) is 0 Å². The third-order valence-corrected chi connectivity index (χ3v) is 3.18. The normalized spacial score (nSPS) is 12.7. The SMILES string of the molecule is CCOCC(O)CNCCc1cccc2cccnc12. The van der Waals surface area contributed by atoms with Crippen LogP contribution in [0, 0.1) is 0 Å². The lowest BCUT2D eigenvalue weighted by atomic mass is 10.1. The van der Waals surface area contributed by atoms with Gasteiger partial charge in [0, 0.05) is 24.7 Å². The second-order valence-corrected chi connectivity index (χ2v) is 4.76. The first-order chi connectivity index (χ1) is 9.81. The molecule has 0 radical (unpaired) electrons. The average Bonchev–Trinajstić information content (AvgIpc) is 2.49. The number of nitrogens with one attached hydrogen (secondary N) is 1. The first-order valence-electron chi connectivity index (χ1n) is 7.10. The average molecular weight is 274 g/mol. The van der Waals surface area contributed by atoms with Crippen molar-refractivity contribution in [2.45, 2.75) is 19.4 Å². The van der Waals surface area contributed by atoms with E-state index in [1.165, 1.54) is 10.9 Å². The zero-order valence-corrected chi connectivity index (χ0v) is 11.9. The molecular weight excluding hydrogens is 252 g/mol. The summed E-state index contributed by atoms with van der Waals surface area (Å²) in [7, 11) is 0. The molecule has 0 bridgehead atoms. The Kier molecular flexibility index (Phi) is 5.92. The van der Waals surface area contributed by atoms with Crippen molar-refractivity contribution in [3.63, 3.8) is 0 Å². The zero-order valence-electron chi connectivity index (χ0n) is 11.9. The largest absolute Gasteiger partial charge is 0.389 e. The molecule has 108 valence electrons. The Morgan fingerprint density at radius 1 is 1.30 bits per heavy atom. The summed E-state index contributed by atoms with van der Waals surface area (Å²) in [5.41, 5.74) is 2.29. The number of fused-ring (bicyclic) bond motifs is 1. The predicted octanol–water partition coefficient (Wildman–Crippen LogP) is 1.76. The van der Waals surface area contributed by atoms with E-state index in [9.17, 15) is 5.11 Å². The Balaban J connectivity index is 1.81. The van der Waals surface area contributed by atoms with Crippen molar-refractivity contribution >= 4 is 10.9 Å². The van der Waals surface area contributed by atoms with Gasteiger partial charge in [0.15, 0.2) is 0 Å². The number of hydrogen-bond donors (Lipinski definition) is 2. The van der Waals surface area contributed by atoms with Crippen molar-refractivity contribution < 1.29 is 9.84 Å².